The first kappa shape index (κ1) is 28.0. The van der Waals surface area contributed by atoms with Gasteiger partial charge in [-0.2, -0.15) is 14.1 Å². The van der Waals surface area contributed by atoms with E-state index < -0.39 is 33.2 Å². The van der Waals surface area contributed by atoms with Crippen LogP contribution in [0, 0.1) is 9.81 Å². The largest absolute Gasteiger partial charge is 0.308 e. The van der Waals surface area contributed by atoms with E-state index in [0.717, 1.165) is 0 Å². The lowest BCUT2D eigenvalue weighted by molar-refractivity contribution is 0.112. The zero-order chi connectivity index (χ0) is 24.6. The Morgan fingerprint density at radius 3 is 1.66 bits per heavy atom. The van der Waals surface area contributed by atoms with E-state index in [-0.39, 0.29) is 18.0 Å². The van der Waals surface area contributed by atoms with Gasteiger partial charge in [-0.1, -0.05) is 22.5 Å². The summed E-state index contributed by atoms with van der Waals surface area (Å²) >= 11 is 0. The Bertz CT molecular complexity index is 839. The molecule has 11 heteroatoms. The molecule has 0 aliphatic carbocycles. The summed E-state index contributed by atoms with van der Waals surface area (Å²) in [5.74, 6) is 0. The predicted octanol–water partition coefficient (Wildman–Crippen LogP) is 2.54. The summed E-state index contributed by atoms with van der Waals surface area (Å²) in [5, 5.41) is 12.5. The minimum atomic E-state index is -3.85. The van der Waals surface area contributed by atoms with Crippen LogP contribution in [0.5, 0.6) is 0 Å². The van der Waals surface area contributed by atoms with Gasteiger partial charge in [-0.05, 0) is 53.7 Å². The van der Waals surface area contributed by atoms with Gasteiger partial charge in [-0.15, -0.1) is 0 Å². The van der Waals surface area contributed by atoms with Crippen molar-refractivity contribution in [1.82, 2.24) is 14.9 Å². The number of nitrogens with zero attached hydrogens (tertiary/aromatic N) is 3. The smallest absolute Gasteiger partial charge is 0.243 e. The maximum atomic E-state index is 13.3. The number of nitrogens with one attached hydrogen (secondary N) is 2. The van der Waals surface area contributed by atoms with Crippen LogP contribution in [0.15, 0.2) is 39.5 Å². The van der Waals surface area contributed by atoms with Crippen LogP contribution in [0.3, 0.4) is 0 Å². The number of hydrogen-bond donors (Lipinski definition) is 2. The molecule has 32 heavy (non-hydrogen) atoms. The van der Waals surface area contributed by atoms with Gasteiger partial charge < -0.3 is 10.6 Å². The molecule has 0 heterocycles. The molecule has 0 aromatic heterocycles. The van der Waals surface area contributed by atoms with E-state index in [4.69, 9.17) is 0 Å². The minimum absolute atomic E-state index is 0.0764. The van der Waals surface area contributed by atoms with Gasteiger partial charge in [0.15, 0.2) is 0 Å². The second kappa shape index (κ2) is 11.7. The molecule has 2 atom stereocenters. The first-order valence-electron chi connectivity index (χ1n) is 10.5. The summed E-state index contributed by atoms with van der Waals surface area (Å²) in [6.07, 6.45) is 0.649. The Hall–Kier alpha value is -2.08. The highest BCUT2D eigenvalue weighted by atomic mass is 32.2. The third-order valence-electron chi connectivity index (χ3n) is 5.94. The van der Waals surface area contributed by atoms with Gasteiger partial charge in [0.2, 0.25) is 10.0 Å². The molecule has 0 aliphatic heterocycles. The van der Waals surface area contributed by atoms with Crippen LogP contribution in [-0.4, -0.2) is 68.3 Å². The predicted molar refractivity (Wildman–Crippen MR) is 125 cm³/mol. The highest BCUT2D eigenvalue weighted by Crippen LogP contribution is 2.17. The van der Waals surface area contributed by atoms with Crippen molar-refractivity contribution in [1.29, 1.82) is 0 Å². The fraction of sp³-hybridized carbons (Fsp3) is 0.667. The summed E-state index contributed by atoms with van der Waals surface area (Å²) in [7, 11) is -3.85. The molecule has 180 valence electrons. The van der Waals surface area contributed by atoms with E-state index in [1.54, 1.807) is 13.8 Å². The summed E-state index contributed by atoms with van der Waals surface area (Å²) < 4.78 is 27.9. The number of benzene rings is 1. The van der Waals surface area contributed by atoms with Crippen molar-refractivity contribution in [2.75, 3.05) is 26.2 Å². The number of sulfonamides is 1. The Balaban J connectivity index is 3.01. The Kier molecular flexibility index (Phi) is 10.2. The van der Waals surface area contributed by atoms with Crippen molar-refractivity contribution in [3.63, 3.8) is 0 Å². The molecule has 1 aromatic rings. The molecule has 0 spiro atoms. The average molecular weight is 470 g/mol. The number of aldehydes is 1. The second-order valence-electron chi connectivity index (χ2n) is 8.95. The highest BCUT2D eigenvalue weighted by Gasteiger charge is 2.30. The van der Waals surface area contributed by atoms with Crippen molar-refractivity contribution < 1.29 is 13.2 Å². The molecule has 0 saturated carbocycles. The molecule has 2 unspecified atom stereocenters. The maximum absolute atomic E-state index is 13.3. The number of hydrogen-bond acceptors (Lipinski definition) is 9. The molecule has 10 nitrogen and oxygen atoms in total. The van der Waals surface area contributed by atoms with Gasteiger partial charge in [0.25, 0.3) is 0 Å². The molecule has 0 aliphatic rings. The van der Waals surface area contributed by atoms with Gasteiger partial charge in [0, 0.05) is 42.8 Å². The summed E-state index contributed by atoms with van der Waals surface area (Å²) in [5.41, 5.74) is -0.824. The molecule has 0 fully saturated rings. The molecule has 0 radical (unpaired) electrons. The Morgan fingerprint density at radius 2 is 1.31 bits per heavy atom. The van der Waals surface area contributed by atoms with Gasteiger partial charge >= 0.3 is 0 Å². The molecule has 0 amide bonds. The minimum Gasteiger partial charge on any atom is -0.308 e. The number of carbonyl (C=O) groups is 1. The molecule has 1 rings (SSSR count). The van der Waals surface area contributed by atoms with Crippen LogP contribution < -0.4 is 10.6 Å². The lowest BCUT2D eigenvalue weighted by Crippen LogP contribution is -2.52. The molecule has 1 aromatic carbocycles. The monoisotopic (exact) mass is 469 g/mol. The summed E-state index contributed by atoms with van der Waals surface area (Å²) in [6.45, 7) is 11.6. The third-order valence-corrected chi connectivity index (χ3v) is 7.86. The molecular formula is C21H35N5O5S. The van der Waals surface area contributed by atoms with Crippen molar-refractivity contribution in [3.05, 3.63) is 39.6 Å². The summed E-state index contributed by atoms with van der Waals surface area (Å²) in [6, 6.07) is 4.71. The molecule has 2 N–H and O–H groups in total. The van der Waals surface area contributed by atoms with Crippen molar-refractivity contribution in [3.8, 4) is 0 Å². The second-order valence-corrected chi connectivity index (χ2v) is 10.9. The topological polar surface area (TPSA) is 137 Å². The van der Waals surface area contributed by atoms with Crippen LogP contribution in [0.25, 0.3) is 0 Å². The number of rotatable bonds is 15. The van der Waals surface area contributed by atoms with Gasteiger partial charge in [0.05, 0.1) is 4.90 Å². The van der Waals surface area contributed by atoms with Crippen LogP contribution in [-0.2, 0) is 10.0 Å². The van der Waals surface area contributed by atoms with Gasteiger partial charge in [-0.3, -0.25) is 4.79 Å². The molecule has 0 bridgehead atoms. The zero-order valence-electron chi connectivity index (χ0n) is 19.7. The fourth-order valence-electron chi connectivity index (χ4n) is 2.78. The molecular weight excluding hydrogens is 434 g/mol. The van der Waals surface area contributed by atoms with Crippen molar-refractivity contribution in [2.24, 2.45) is 10.4 Å². The lowest BCUT2D eigenvalue weighted by Gasteiger charge is -2.32. The van der Waals surface area contributed by atoms with Crippen LogP contribution in [0.2, 0.25) is 0 Å². The fourth-order valence-corrected chi connectivity index (χ4v) is 4.23. The first-order chi connectivity index (χ1) is 14.8. The van der Waals surface area contributed by atoms with Crippen LogP contribution >= 0.6 is 0 Å². The van der Waals surface area contributed by atoms with E-state index in [0.29, 0.717) is 24.9 Å². The number of nitroso groups, excluding NO2 is 2. The zero-order valence-corrected chi connectivity index (χ0v) is 20.5. The average Bonchev–Trinajstić information content (AvgIpc) is 2.76. The van der Waals surface area contributed by atoms with E-state index >= 15 is 0 Å². The van der Waals surface area contributed by atoms with Crippen LogP contribution in [0.4, 0.5) is 0 Å². The standard InChI is InChI=1S/C21H35N5O5S/c1-16(24-28)20(3,4)22-11-13-26(14-12-23-21(5,6)17(2)25-29)32(30,31)19-9-7-18(15-27)8-10-19/h7-10,15-17,22-23H,11-14H2,1-6H3. The Morgan fingerprint density at radius 1 is 0.906 bits per heavy atom. The Labute approximate surface area is 190 Å². The first-order valence-corrected chi connectivity index (χ1v) is 12.0. The van der Waals surface area contributed by atoms with E-state index in [2.05, 4.69) is 21.0 Å². The normalized spacial score (nSPS) is 14.7. The van der Waals surface area contributed by atoms with Crippen molar-refractivity contribution >= 4 is 16.3 Å². The maximum Gasteiger partial charge on any atom is 0.243 e. The highest BCUT2D eigenvalue weighted by molar-refractivity contribution is 7.89. The number of carbonyl (C=O) groups excluding carboxylic acids is 1. The SMILES string of the molecule is CC(N=O)C(C)(C)NCCN(CCNC(C)(C)C(C)N=O)S(=O)(=O)c1ccc(C=O)cc1. The quantitative estimate of drug-likeness (QED) is 0.297. The van der Waals surface area contributed by atoms with Gasteiger partial charge in [0.1, 0.15) is 18.4 Å². The molecule has 0 saturated heterocycles. The summed E-state index contributed by atoms with van der Waals surface area (Å²) in [4.78, 5) is 32.8. The van der Waals surface area contributed by atoms with E-state index in [1.807, 2.05) is 27.7 Å². The third kappa shape index (κ3) is 7.51. The lowest BCUT2D eigenvalue weighted by atomic mass is 9.97. The van der Waals surface area contributed by atoms with E-state index in [1.165, 1.54) is 28.6 Å². The van der Waals surface area contributed by atoms with Crippen LogP contribution in [0.1, 0.15) is 51.9 Å². The van der Waals surface area contributed by atoms with Gasteiger partial charge in [-0.25, -0.2) is 8.42 Å². The van der Waals surface area contributed by atoms with Crippen molar-refractivity contribution in [2.45, 2.75) is 69.6 Å². The van der Waals surface area contributed by atoms with E-state index in [9.17, 15) is 23.0 Å².